The zero-order valence-electron chi connectivity index (χ0n) is 14.4. The van der Waals surface area contributed by atoms with Crippen LogP contribution in [-0.4, -0.2) is 40.3 Å². The molecule has 0 saturated carbocycles. The monoisotopic (exact) mass is 321 g/mol. The quantitative estimate of drug-likeness (QED) is 0.771. The van der Waals surface area contributed by atoms with Crippen molar-refractivity contribution < 1.29 is 9.59 Å². The lowest BCUT2D eigenvalue weighted by molar-refractivity contribution is -0.122. The summed E-state index contributed by atoms with van der Waals surface area (Å²) in [7, 11) is 1.92. The number of aromatic nitrogens is 2. The molecule has 7 nitrogen and oxygen atoms in total. The molecule has 0 spiro atoms. The van der Waals surface area contributed by atoms with Gasteiger partial charge in [-0.05, 0) is 52.0 Å². The van der Waals surface area contributed by atoms with Gasteiger partial charge in [-0.2, -0.15) is 5.10 Å². The van der Waals surface area contributed by atoms with Crippen molar-refractivity contribution in [2.45, 2.75) is 58.5 Å². The van der Waals surface area contributed by atoms with Crippen molar-refractivity contribution in [1.29, 1.82) is 0 Å². The zero-order chi connectivity index (χ0) is 17.0. The van der Waals surface area contributed by atoms with Crippen molar-refractivity contribution in [3.05, 3.63) is 17.0 Å². The van der Waals surface area contributed by atoms with Gasteiger partial charge in [-0.1, -0.05) is 0 Å². The van der Waals surface area contributed by atoms with Gasteiger partial charge in [0.2, 0.25) is 5.91 Å². The van der Waals surface area contributed by atoms with Gasteiger partial charge < -0.3 is 16.0 Å². The highest BCUT2D eigenvalue weighted by molar-refractivity contribution is 5.87. The van der Waals surface area contributed by atoms with Gasteiger partial charge in [0.15, 0.2) is 0 Å². The standard InChI is InChI=1S/C16H27N5O2/c1-10(9-13-11(2)20-21(4)12(13)3)18-16(23)19-14-7-5-6-8-17-15(14)22/h10,14H,5-9H2,1-4H3,(H,17,22)(H2,18,19,23)/t10-,14+/m0/s1. The summed E-state index contributed by atoms with van der Waals surface area (Å²) >= 11 is 0. The molecule has 7 heteroatoms. The predicted molar refractivity (Wildman–Crippen MR) is 88.2 cm³/mol. The molecule has 1 aliphatic rings. The minimum atomic E-state index is -0.438. The average molecular weight is 321 g/mol. The molecular weight excluding hydrogens is 294 g/mol. The zero-order valence-corrected chi connectivity index (χ0v) is 14.4. The van der Waals surface area contributed by atoms with Gasteiger partial charge in [0.25, 0.3) is 0 Å². The number of hydrogen-bond donors (Lipinski definition) is 3. The van der Waals surface area contributed by atoms with Crippen molar-refractivity contribution in [3.8, 4) is 0 Å². The average Bonchev–Trinajstić information content (AvgIpc) is 2.65. The maximum Gasteiger partial charge on any atom is 0.315 e. The highest BCUT2D eigenvalue weighted by Crippen LogP contribution is 2.14. The minimum Gasteiger partial charge on any atom is -0.354 e. The maximum atomic E-state index is 12.1. The molecule has 1 aliphatic heterocycles. The Morgan fingerprint density at radius 2 is 2.17 bits per heavy atom. The molecule has 0 unspecified atom stereocenters. The van der Waals surface area contributed by atoms with Crippen LogP contribution in [0, 0.1) is 13.8 Å². The highest BCUT2D eigenvalue weighted by Gasteiger charge is 2.23. The first-order chi connectivity index (χ1) is 10.9. The van der Waals surface area contributed by atoms with Gasteiger partial charge in [-0.3, -0.25) is 9.48 Å². The van der Waals surface area contributed by atoms with Crippen LogP contribution in [0.1, 0.15) is 43.1 Å². The van der Waals surface area contributed by atoms with Crippen LogP contribution in [0.15, 0.2) is 0 Å². The molecule has 23 heavy (non-hydrogen) atoms. The van der Waals surface area contributed by atoms with E-state index in [0.29, 0.717) is 13.0 Å². The Kier molecular flexibility index (Phi) is 5.63. The Morgan fingerprint density at radius 1 is 1.43 bits per heavy atom. The van der Waals surface area contributed by atoms with Gasteiger partial charge in [0, 0.05) is 25.3 Å². The molecule has 0 bridgehead atoms. The van der Waals surface area contributed by atoms with E-state index in [1.165, 1.54) is 0 Å². The molecule has 0 aliphatic carbocycles. The van der Waals surface area contributed by atoms with Gasteiger partial charge >= 0.3 is 6.03 Å². The number of hydrogen-bond acceptors (Lipinski definition) is 3. The third kappa shape index (κ3) is 4.46. The summed E-state index contributed by atoms with van der Waals surface area (Å²) in [6, 6.07) is -0.768. The number of rotatable bonds is 4. The molecule has 2 heterocycles. The molecule has 128 valence electrons. The summed E-state index contributed by atoms with van der Waals surface area (Å²) < 4.78 is 1.85. The van der Waals surface area contributed by atoms with Gasteiger partial charge in [0.1, 0.15) is 6.04 Å². The van der Waals surface area contributed by atoms with E-state index in [-0.39, 0.29) is 18.0 Å². The molecule has 1 aromatic heterocycles. The number of nitrogens with one attached hydrogen (secondary N) is 3. The molecule has 1 saturated heterocycles. The third-order valence-corrected chi connectivity index (χ3v) is 4.39. The Bertz CT molecular complexity index is 581. The molecule has 0 radical (unpaired) electrons. The summed E-state index contributed by atoms with van der Waals surface area (Å²) in [6.07, 6.45) is 3.30. The van der Waals surface area contributed by atoms with Crippen LogP contribution in [0.3, 0.4) is 0 Å². The summed E-state index contributed by atoms with van der Waals surface area (Å²) in [6.45, 7) is 6.65. The molecule has 1 aromatic rings. The Balaban J connectivity index is 1.88. The van der Waals surface area contributed by atoms with Crippen molar-refractivity contribution in [2.24, 2.45) is 7.05 Å². The smallest absolute Gasteiger partial charge is 0.315 e. The fourth-order valence-electron chi connectivity index (χ4n) is 2.97. The first-order valence-corrected chi connectivity index (χ1v) is 8.22. The first kappa shape index (κ1) is 17.3. The lowest BCUT2D eigenvalue weighted by Crippen LogP contribution is -2.51. The Hall–Kier alpha value is -2.05. The number of carbonyl (C=O) groups excluding carboxylic acids is 2. The number of nitrogens with zero attached hydrogens (tertiary/aromatic N) is 2. The second-order valence-electron chi connectivity index (χ2n) is 6.34. The normalized spacial score (nSPS) is 19.7. The van der Waals surface area contributed by atoms with Crippen LogP contribution in [-0.2, 0) is 18.3 Å². The summed E-state index contributed by atoms with van der Waals surface area (Å²) in [5, 5.41) is 12.9. The lowest BCUT2D eigenvalue weighted by Gasteiger charge is -2.19. The van der Waals surface area contributed by atoms with E-state index in [1.54, 1.807) is 0 Å². The lowest BCUT2D eigenvalue weighted by atomic mass is 10.1. The second-order valence-corrected chi connectivity index (χ2v) is 6.34. The number of carbonyl (C=O) groups is 2. The number of aryl methyl sites for hydroxylation is 2. The van der Waals surface area contributed by atoms with E-state index in [4.69, 9.17) is 0 Å². The van der Waals surface area contributed by atoms with Gasteiger partial charge in [-0.25, -0.2) is 4.79 Å². The summed E-state index contributed by atoms with van der Waals surface area (Å²) in [5.41, 5.74) is 3.26. The van der Waals surface area contributed by atoms with Crippen LogP contribution in [0.2, 0.25) is 0 Å². The van der Waals surface area contributed by atoms with E-state index in [2.05, 4.69) is 21.0 Å². The van der Waals surface area contributed by atoms with E-state index >= 15 is 0 Å². The van der Waals surface area contributed by atoms with Crippen LogP contribution < -0.4 is 16.0 Å². The second kappa shape index (κ2) is 7.48. The molecule has 0 aromatic carbocycles. The van der Waals surface area contributed by atoms with E-state index < -0.39 is 6.04 Å². The van der Waals surface area contributed by atoms with Gasteiger partial charge in [0.05, 0.1) is 5.69 Å². The molecule has 3 amide bonds. The predicted octanol–water partition coefficient (Wildman–Crippen LogP) is 0.936. The highest BCUT2D eigenvalue weighted by atomic mass is 16.2. The van der Waals surface area contributed by atoms with E-state index in [9.17, 15) is 9.59 Å². The van der Waals surface area contributed by atoms with Crippen molar-refractivity contribution >= 4 is 11.9 Å². The van der Waals surface area contributed by atoms with Crippen molar-refractivity contribution in [3.63, 3.8) is 0 Å². The van der Waals surface area contributed by atoms with E-state index in [1.807, 2.05) is 32.5 Å². The summed E-state index contributed by atoms with van der Waals surface area (Å²) in [4.78, 5) is 24.0. The number of urea groups is 1. The Labute approximate surface area is 137 Å². The number of amides is 3. The topological polar surface area (TPSA) is 88.1 Å². The van der Waals surface area contributed by atoms with E-state index in [0.717, 1.165) is 36.2 Å². The summed E-state index contributed by atoms with van der Waals surface area (Å²) in [5.74, 6) is -0.0933. The fraction of sp³-hybridized carbons (Fsp3) is 0.688. The fourth-order valence-corrected chi connectivity index (χ4v) is 2.97. The van der Waals surface area contributed by atoms with Crippen LogP contribution in [0.4, 0.5) is 4.79 Å². The first-order valence-electron chi connectivity index (χ1n) is 8.22. The van der Waals surface area contributed by atoms with Crippen LogP contribution >= 0.6 is 0 Å². The Morgan fingerprint density at radius 3 is 2.83 bits per heavy atom. The molecule has 3 N–H and O–H groups in total. The van der Waals surface area contributed by atoms with Crippen molar-refractivity contribution in [2.75, 3.05) is 6.54 Å². The largest absolute Gasteiger partial charge is 0.354 e. The SMILES string of the molecule is Cc1nn(C)c(C)c1C[C@H](C)NC(=O)N[C@@H]1CCCCNC1=O. The van der Waals surface area contributed by atoms with Gasteiger partial charge in [-0.15, -0.1) is 0 Å². The molecule has 2 rings (SSSR count). The van der Waals surface area contributed by atoms with Crippen LogP contribution in [0.5, 0.6) is 0 Å². The minimum absolute atomic E-state index is 0.0366. The molecular formula is C16H27N5O2. The molecule has 2 atom stereocenters. The third-order valence-electron chi connectivity index (χ3n) is 4.39. The maximum absolute atomic E-state index is 12.1. The molecule has 1 fully saturated rings. The van der Waals surface area contributed by atoms with Crippen LogP contribution in [0.25, 0.3) is 0 Å². The van der Waals surface area contributed by atoms with Crippen molar-refractivity contribution in [1.82, 2.24) is 25.7 Å².